The maximum absolute atomic E-state index is 11.8. The fraction of sp³-hybridized carbons (Fsp3) is 0.0588. The summed E-state index contributed by atoms with van der Waals surface area (Å²) in [4.78, 5) is 23.0. The molecule has 0 heterocycles. The van der Waals surface area contributed by atoms with E-state index in [1.165, 1.54) is 18.2 Å². The molecule has 0 unspecified atom stereocenters. The van der Waals surface area contributed by atoms with Gasteiger partial charge in [0.2, 0.25) is 0 Å². The van der Waals surface area contributed by atoms with Gasteiger partial charge in [-0.2, -0.15) is 0 Å². The zero-order valence-corrected chi connectivity index (χ0v) is 13.7. The number of methoxy groups -OCH3 is 1. The summed E-state index contributed by atoms with van der Waals surface area (Å²) in [5, 5.41) is 9.12. The molecule has 0 bridgehead atoms. The van der Waals surface area contributed by atoms with Crippen molar-refractivity contribution in [2.75, 3.05) is 7.11 Å². The van der Waals surface area contributed by atoms with Crippen molar-refractivity contribution in [1.82, 2.24) is 0 Å². The maximum Gasteiger partial charge on any atom is 0.339 e. The topological polar surface area (TPSA) is 72.8 Å². The molecule has 2 aromatic carbocycles. The molecule has 118 valence electrons. The number of carboxylic acid groups (broad SMARTS) is 1. The average Bonchev–Trinajstić information content (AvgIpc) is 2.55. The number of carbonyl (C=O) groups is 2. The molecule has 0 aliphatic rings. The predicted octanol–water partition coefficient (Wildman–Crippen LogP) is 3.77. The normalized spacial score (nSPS) is 10.5. The molecule has 0 atom stereocenters. The lowest BCUT2D eigenvalue weighted by molar-refractivity contribution is -0.128. The van der Waals surface area contributed by atoms with Crippen molar-refractivity contribution in [3.63, 3.8) is 0 Å². The number of hydrogen-bond acceptors (Lipinski definition) is 4. The van der Waals surface area contributed by atoms with Gasteiger partial charge in [-0.25, -0.2) is 9.59 Å². The summed E-state index contributed by atoms with van der Waals surface area (Å²) in [6.45, 7) is 0. The highest BCUT2D eigenvalue weighted by Gasteiger charge is 2.13. The van der Waals surface area contributed by atoms with Crippen LogP contribution in [0, 0.1) is 0 Å². The van der Waals surface area contributed by atoms with Gasteiger partial charge < -0.3 is 14.6 Å². The van der Waals surface area contributed by atoms with E-state index in [2.05, 4.69) is 15.9 Å². The van der Waals surface area contributed by atoms with Crippen molar-refractivity contribution in [2.45, 2.75) is 0 Å². The van der Waals surface area contributed by atoms with Crippen LogP contribution in [0.1, 0.15) is 15.9 Å². The summed E-state index contributed by atoms with van der Waals surface area (Å²) in [5.74, 6) is -1.13. The summed E-state index contributed by atoms with van der Waals surface area (Å²) >= 11 is 3.18. The zero-order chi connectivity index (χ0) is 16.8. The number of benzene rings is 2. The van der Waals surface area contributed by atoms with Crippen molar-refractivity contribution < 1.29 is 24.2 Å². The SMILES string of the molecule is COc1ccc(/C=C/C(=O)Oc2ccc(Br)cc2C(=O)O)cc1. The van der Waals surface area contributed by atoms with Crippen LogP contribution in [-0.2, 0) is 4.79 Å². The van der Waals surface area contributed by atoms with Gasteiger partial charge in [-0.3, -0.25) is 0 Å². The highest BCUT2D eigenvalue weighted by atomic mass is 79.9. The van der Waals surface area contributed by atoms with Gasteiger partial charge in [0, 0.05) is 10.5 Å². The molecule has 0 saturated carbocycles. The molecular formula is C17H13BrO5. The first-order valence-electron chi connectivity index (χ1n) is 6.56. The quantitative estimate of drug-likeness (QED) is 0.488. The highest BCUT2D eigenvalue weighted by Crippen LogP contribution is 2.23. The highest BCUT2D eigenvalue weighted by molar-refractivity contribution is 9.10. The van der Waals surface area contributed by atoms with E-state index in [1.54, 1.807) is 43.5 Å². The molecule has 1 N–H and O–H groups in total. The van der Waals surface area contributed by atoms with Crippen LogP contribution in [0.5, 0.6) is 11.5 Å². The molecule has 6 heteroatoms. The number of ether oxygens (including phenoxy) is 2. The fourth-order valence-electron chi connectivity index (χ4n) is 1.78. The molecule has 2 rings (SSSR count). The Morgan fingerprint density at radius 3 is 2.43 bits per heavy atom. The van der Waals surface area contributed by atoms with Crippen LogP contribution in [0.3, 0.4) is 0 Å². The van der Waals surface area contributed by atoms with Crippen molar-refractivity contribution in [1.29, 1.82) is 0 Å². The standard InChI is InChI=1S/C17H13BrO5/c1-22-13-6-2-11(3-7-13)4-9-16(19)23-15-8-5-12(18)10-14(15)17(20)21/h2-10H,1H3,(H,20,21)/b9-4+. The van der Waals surface area contributed by atoms with Crippen LogP contribution in [0.25, 0.3) is 6.08 Å². The second-order valence-electron chi connectivity index (χ2n) is 4.47. The monoisotopic (exact) mass is 376 g/mol. The van der Waals surface area contributed by atoms with E-state index in [4.69, 9.17) is 14.6 Å². The smallest absolute Gasteiger partial charge is 0.339 e. The van der Waals surface area contributed by atoms with Gasteiger partial charge in [0.25, 0.3) is 0 Å². The van der Waals surface area contributed by atoms with Crippen molar-refractivity contribution in [3.05, 3.63) is 64.1 Å². The molecule has 0 radical (unpaired) electrons. The minimum absolute atomic E-state index is 0.00918. The van der Waals surface area contributed by atoms with Gasteiger partial charge in [-0.1, -0.05) is 28.1 Å². The summed E-state index contributed by atoms with van der Waals surface area (Å²) in [6, 6.07) is 11.5. The molecule has 0 spiro atoms. The second kappa shape index (κ2) is 7.60. The van der Waals surface area contributed by atoms with E-state index in [-0.39, 0.29) is 11.3 Å². The Kier molecular flexibility index (Phi) is 5.54. The zero-order valence-electron chi connectivity index (χ0n) is 12.2. The minimum atomic E-state index is -1.17. The number of carbonyl (C=O) groups excluding carboxylic acids is 1. The van der Waals surface area contributed by atoms with Crippen molar-refractivity contribution in [3.8, 4) is 11.5 Å². The summed E-state index contributed by atoms with van der Waals surface area (Å²) in [6.07, 6.45) is 2.80. The molecular weight excluding hydrogens is 364 g/mol. The maximum atomic E-state index is 11.8. The van der Waals surface area contributed by atoms with E-state index in [1.807, 2.05) is 0 Å². The third kappa shape index (κ3) is 4.69. The first-order valence-corrected chi connectivity index (χ1v) is 7.35. The predicted molar refractivity (Wildman–Crippen MR) is 88.8 cm³/mol. The summed E-state index contributed by atoms with van der Waals surface area (Å²) < 4.78 is 10.7. The van der Waals surface area contributed by atoms with Crippen LogP contribution in [0.15, 0.2) is 53.0 Å². The first-order chi connectivity index (χ1) is 11.0. The molecule has 0 fully saturated rings. The number of hydrogen-bond donors (Lipinski definition) is 1. The Balaban J connectivity index is 2.10. The molecule has 0 aromatic heterocycles. The number of carboxylic acids is 1. The number of rotatable bonds is 5. The summed E-state index contributed by atoms with van der Waals surface area (Å²) in [7, 11) is 1.57. The molecule has 0 aliphatic heterocycles. The molecule has 5 nitrogen and oxygen atoms in total. The lowest BCUT2D eigenvalue weighted by Gasteiger charge is -2.06. The molecule has 0 saturated heterocycles. The Morgan fingerprint density at radius 1 is 1.13 bits per heavy atom. The van der Waals surface area contributed by atoms with Crippen LogP contribution in [-0.4, -0.2) is 24.2 Å². The van der Waals surface area contributed by atoms with Gasteiger partial charge in [0.05, 0.1) is 7.11 Å². The van der Waals surface area contributed by atoms with E-state index >= 15 is 0 Å². The summed E-state index contributed by atoms with van der Waals surface area (Å²) in [5.41, 5.74) is 0.697. The number of aromatic carboxylic acids is 1. The Hall–Kier alpha value is -2.60. The van der Waals surface area contributed by atoms with Gasteiger partial charge in [0.15, 0.2) is 0 Å². The van der Waals surface area contributed by atoms with E-state index in [0.717, 1.165) is 5.56 Å². The van der Waals surface area contributed by atoms with Gasteiger partial charge in [-0.05, 0) is 42.0 Å². The Labute approximate surface area is 141 Å². The van der Waals surface area contributed by atoms with Gasteiger partial charge in [0.1, 0.15) is 17.1 Å². The average molecular weight is 377 g/mol. The third-order valence-electron chi connectivity index (χ3n) is 2.91. The van der Waals surface area contributed by atoms with Gasteiger partial charge in [-0.15, -0.1) is 0 Å². The van der Waals surface area contributed by atoms with E-state index in [9.17, 15) is 9.59 Å². The van der Waals surface area contributed by atoms with Crippen molar-refractivity contribution in [2.24, 2.45) is 0 Å². The number of esters is 1. The van der Waals surface area contributed by atoms with E-state index < -0.39 is 11.9 Å². The molecule has 2 aromatic rings. The lowest BCUT2D eigenvalue weighted by Crippen LogP contribution is -2.08. The Morgan fingerprint density at radius 2 is 1.83 bits per heavy atom. The first kappa shape index (κ1) is 16.8. The fourth-order valence-corrected chi connectivity index (χ4v) is 2.14. The van der Waals surface area contributed by atoms with Crippen molar-refractivity contribution >= 4 is 33.9 Å². The van der Waals surface area contributed by atoms with Crippen LogP contribution >= 0.6 is 15.9 Å². The lowest BCUT2D eigenvalue weighted by atomic mass is 10.2. The van der Waals surface area contributed by atoms with Crippen LogP contribution in [0.4, 0.5) is 0 Å². The van der Waals surface area contributed by atoms with E-state index in [0.29, 0.717) is 10.2 Å². The third-order valence-corrected chi connectivity index (χ3v) is 3.40. The minimum Gasteiger partial charge on any atom is -0.497 e. The molecule has 23 heavy (non-hydrogen) atoms. The Bertz CT molecular complexity index is 750. The molecule has 0 amide bonds. The van der Waals surface area contributed by atoms with Crippen LogP contribution < -0.4 is 9.47 Å². The van der Waals surface area contributed by atoms with Crippen LogP contribution in [0.2, 0.25) is 0 Å². The van der Waals surface area contributed by atoms with Gasteiger partial charge >= 0.3 is 11.9 Å². The largest absolute Gasteiger partial charge is 0.497 e. The molecule has 0 aliphatic carbocycles. The second-order valence-corrected chi connectivity index (χ2v) is 5.39. The number of halogens is 1.